The number of aromatic amines is 1. The summed E-state index contributed by atoms with van der Waals surface area (Å²) in [6.07, 6.45) is 3.16. The molecule has 3 rings (SSSR count). The first-order chi connectivity index (χ1) is 10.0. The van der Waals surface area contributed by atoms with Crippen LogP contribution >= 0.6 is 0 Å². The zero-order valence-corrected chi connectivity index (χ0v) is 12.5. The molecule has 0 unspecified atom stereocenters. The van der Waals surface area contributed by atoms with Gasteiger partial charge in [0, 0.05) is 22.5 Å². The Labute approximate surface area is 123 Å². The van der Waals surface area contributed by atoms with Crippen molar-refractivity contribution < 1.29 is 9.18 Å². The zero-order valence-electron chi connectivity index (χ0n) is 12.5. The molecule has 1 amide bonds. The summed E-state index contributed by atoms with van der Waals surface area (Å²) in [5.41, 5.74) is 2.56. The first kappa shape index (κ1) is 14.1. The molecule has 1 aromatic heterocycles. The van der Waals surface area contributed by atoms with Crippen molar-refractivity contribution in [1.82, 2.24) is 10.3 Å². The summed E-state index contributed by atoms with van der Waals surface area (Å²) in [6, 6.07) is 5.34. The molecule has 0 bridgehead atoms. The van der Waals surface area contributed by atoms with Gasteiger partial charge < -0.3 is 10.3 Å². The van der Waals surface area contributed by atoms with Crippen molar-refractivity contribution in [3.63, 3.8) is 0 Å². The summed E-state index contributed by atoms with van der Waals surface area (Å²) < 4.78 is 14.0. The van der Waals surface area contributed by atoms with Crippen LogP contribution in [0.5, 0.6) is 0 Å². The molecule has 1 heterocycles. The van der Waals surface area contributed by atoms with Crippen molar-refractivity contribution in [1.29, 1.82) is 0 Å². The van der Waals surface area contributed by atoms with E-state index < -0.39 is 0 Å². The Balaban J connectivity index is 1.75. The van der Waals surface area contributed by atoms with E-state index in [9.17, 15) is 9.18 Å². The Morgan fingerprint density at radius 2 is 2.14 bits per heavy atom. The van der Waals surface area contributed by atoms with Crippen molar-refractivity contribution in [3.05, 3.63) is 35.3 Å². The summed E-state index contributed by atoms with van der Waals surface area (Å²) in [7, 11) is 0. The molecule has 21 heavy (non-hydrogen) atoms. The lowest BCUT2D eigenvalue weighted by molar-refractivity contribution is -0.127. The van der Waals surface area contributed by atoms with Gasteiger partial charge in [0.1, 0.15) is 5.82 Å². The lowest BCUT2D eigenvalue weighted by Gasteiger charge is -2.23. The summed E-state index contributed by atoms with van der Waals surface area (Å²) in [5, 5.41) is 3.80. The van der Waals surface area contributed by atoms with Crippen molar-refractivity contribution in [2.24, 2.45) is 5.92 Å². The second-order valence-electron chi connectivity index (χ2n) is 6.26. The van der Waals surface area contributed by atoms with Crippen LogP contribution in [0, 0.1) is 11.7 Å². The Morgan fingerprint density at radius 3 is 2.76 bits per heavy atom. The van der Waals surface area contributed by atoms with Gasteiger partial charge in [-0.1, -0.05) is 20.3 Å². The van der Waals surface area contributed by atoms with Gasteiger partial charge in [0.25, 0.3) is 0 Å². The van der Waals surface area contributed by atoms with E-state index in [4.69, 9.17) is 0 Å². The van der Waals surface area contributed by atoms with Crippen molar-refractivity contribution >= 4 is 16.8 Å². The second-order valence-corrected chi connectivity index (χ2v) is 6.26. The van der Waals surface area contributed by atoms with Crippen LogP contribution in [0.3, 0.4) is 0 Å². The number of nitrogens with one attached hydrogen (secondary N) is 2. The molecule has 1 fully saturated rings. The number of amides is 1. The van der Waals surface area contributed by atoms with Crippen LogP contribution in [0.2, 0.25) is 0 Å². The molecular weight excluding hydrogens is 267 g/mol. The van der Waals surface area contributed by atoms with E-state index in [1.807, 2.05) is 26.0 Å². The summed E-state index contributed by atoms with van der Waals surface area (Å²) >= 11 is 0. The van der Waals surface area contributed by atoms with Crippen LogP contribution in [0.25, 0.3) is 10.9 Å². The number of rotatable bonds is 4. The molecule has 112 valence electrons. The fourth-order valence-corrected chi connectivity index (χ4v) is 2.76. The number of halogens is 1. The van der Waals surface area contributed by atoms with E-state index in [1.165, 1.54) is 0 Å². The monoisotopic (exact) mass is 288 g/mol. The van der Waals surface area contributed by atoms with Gasteiger partial charge in [0.05, 0.1) is 6.54 Å². The van der Waals surface area contributed by atoms with Gasteiger partial charge in [0.15, 0.2) is 0 Å². The molecule has 0 spiro atoms. The maximum Gasteiger partial charge on any atom is 0.223 e. The minimum Gasteiger partial charge on any atom is -0.357 e. The number of benzene rings is 1. The third kappa shape index (κ3) is 2.80. The number of carbonyl (C=O) groups is 1. The molecule has 1 aromatic carbocycles. The summed E-state index contributed by atoms with van der Waals surface area (Å²) in [5.74, 6) is 0.314. The highest BCUT2D eigenvalue weighted by Gasteiger charge is 2.24. The first-order valence-electron chi connectivity index (χ1n) is 7.63. The SMILES string of the molecule is CC(C)c1cc2[nH]c(CNC(=O)C3CCC3)cc2cc1F. The van der Waals surface area contributed by atoms with E-state index in [1.54, 1.807) is 6.07 Å². The van der Waals surface area contributed by atoms with E-state index in [2.05, 4.69) is 10.3 Å². The molecule has 0 atom stereocenters. The Bertz CT molecular complexity index is 671. The maximum atomic E-state index is 14.0. The molecule has 3 nitrogen and oxygen atoms in total. The van der Waals surface area contributed by atoms with Gasteiger partial charge in [-0.15, -0.1) is 0 Å². The minimum absolute atomic E-state index is 0.133. The third-order valence-corrected chi connectivity index (χ3v) is 4.34. The zero-order chi connectivity index (χ0) is 15.0. The van der Waals surface area contributed by atoms with E-state index >= 15 is 0 Å². The fourth-order valence-electron chi connectivity index (χ4n) is 2.76. The van der Waals surface area contributed by atoms with Gasteiger partial charge in [-0.05, 0) is 42.5 Å². The van der Waals surface area contributed by atoms with Gasteiger partial charge in [-0.2, -0.15) is 0 Å². The Hall–Kier alpha value is -1.84. The molecule has 1 saturated carbocycles. The molecular formula is C17H21FN2O. The van der Waals surface area contributed by atoms with Crippen molar-refractivity contribution in [3.8, 4) is 0 Å². The minimum atomic E-state index is -0.165. The molecule has 2 N–H and O–H groups in total. The van der Waals surface area contributed by atoms with Crippen LogP contribution in [-0.2, 0) is 11.3 Å². The molecule has 2 aromatic rings. The van der Waals surface area contributed by atoms with Gasteiger partial charge in [-0.25, -0.2) is 4.39 Å². The Morgan fingerprint density at radius 1 is 1.38 bits per heavy atom. The number of hydrogen-bond acceptors (Lipinski definition) is 1. The number of fused-ring (bicyclic) bond motifs is 1. The number of hydrogen-bond donors (Lipinski definition) is 2. The molecule has 1 aliphatic rings. The highest BCUT2D eigenvalue weighted by atomic mass is 19.1. The average Bonchev–Trinajstić information content (AvgIpc) is 2.74. The van der Waals surface area contributed by atoms with E-state index in [0.717, 1.165) is 41.4 Å². The van der Waals surface area contributed by atoms with Crippen LogP contribution in [0.1, 0.15) is 50.3 Å². The summed E-state index contributed by atoms with van der Waals surface area (Å²) in [4.78, 5) is 15.1. The number of carbonyl (C=O) groups excluding carboxylic acids is 1. The van der Waals surface area contributed by atoms with Crippen molar-refractivity contribution in [2.75, 3.05) is 0 Å². The van der Waals surface area contributed by atoms with Crippen LogP contribution in [0.4, 0.5) is 4.39 Å². The van der Waals surface area contributed by atoms with Crippen LogP contribution < -0.4 is 5.32 Å². The lowest BCUT2D eigenvalue weighted by atomic mass is 9.85. The highest BCUT2D eigenvalue weighted by molar-refractivity contribution is 5.82. The Kier molecular flexibility index (Phi) is 3.70. The maximum absolute atomic E-state index is 14.0. The second kappa shape index (κ2) is 5.51. The molecule has 0 saturated heterocycles. The third-order valence-electron chi connectivity index (χ3n) is 4.34. The standard InChI is InChI=1S/C17H21FN2O/c1-10(2)14-8-16-12(7-15(14)18)6-13(20-16)9-19-17(21)11-4-3-5-11/h6-8,10-11,20H,3-5,9H2,1-2H3,(H,19,21). The molecule has 1 aliphatic carbocycles. The van der Waals surface area contributed by atoms with E-state index in [0.29, 0.717) is 6.54 Å². The normalized spacial score (nSPS) is 15.4. The smallest absolute Gasteiger partial charge is 0.223 e. The highest BCUT2D eigenvalue weighted by Crippen LogP contribution is 2.27. The largest absolute Gasteiger partial charge is 0.357 e. The van der Waals surface area contributed by atoms with Crippen molar-refractivity contribution in [2.45, 2.75) is 45.6 Å². The van der Waals surface area contributed by atoms with Crippen LogP contribution in [-0.4, -0.2) is 10.9 Å². The molecule has 0 radical (unpaired) electrons. The van der Waals surface area contributed by atoms with Gasteiger partial charge in [0.2, 0.25) is 5.91 Å². The predicted molar refractivity (Wildman–Crippen MR) is 81.5 cm³/mol. The van der Waals surface area contributed by atoms with Crippen LogP contribution in [0.15, 0.2) is 18.2 Å². The lowest BCUT2D eigenvalue weighted by Crippen LogP contribution is -2.34. The average molecular weight is 288 g/mol. The first-order valence-corrected chi connectivity index (χ1v) is 7.63. The number of aromatic nitrogens is 1. The van der Waals surface area contributed by atoms with E-state index in [-0.39, 0.29) is 23.6 Å². The topological polar surface area (TPSA) is 44.9 Å². The quantitative estimate of drug-likeness (QED) is 0.882. The molecule has 0 aliphatic heterocycles. The van der Waals surface area contributed by atoms with Gasteiger partial charge >= 0.3 is 0 Å². The molecule has 4 heteroatoms. The predicted octanol–water partition coefficient (Wildman–Crippen LogP) is 3.85. The fraction of sp³-hybridized carbons (Fsp3) is 0.471. The van der Waals surface area contributed by atoms with Gasteiger partial charge in [-0.3, -0.25) is 4.79 Å². The summed E-state index contributed by atoms with van der Waals surface area (Å²) in [6.45, 7) is 4.43. The number of H-pyrrole nitrogens is 1.